The molecule has 5 nitrogen and oxygen atoms in total. The van der Waals surface area contributed by atoms with Gasteiger partial charge in [0.05, 0.1) is 25.6 Å². The molecule has 4 aliphatic rings. The Morgan fingerprint density at radius 3 is 2.77 bits per heavy atom. The molecule has 0 bridgehead atoms. The van der Waals surface area contributed by atoms with Crippen molar-refractivity contribution in [3.8, 4) is 5.75 Å². The van der Waals surface area contributed by atoms with Crippen molar-refractivity contribution in [3.05, 3.63) is 65.3 Å². The minimum absolute atomic E-state index is 0.0534. The summed E-state index contributed by atoms with van der Waals surface area (Å²) in [5.41, 5.74) is 5.24. The first-order valence-electron chi connectivity index (χ1n) is 15.2. The SMILES string of the molecule is COc1cc(/C=C2\CC3C4CC=C5CC(O)CC[C@]5(C)C4CCC3(C)C2O)ccc1CCCCn1ccnc1. The second-order valence-corrected chi connectivity index (χ2v) is 13.4. The van der Waals surface area contributed by atoms with E-state index in [1.165, 1.54) is 23.1 Å². The zero-order chi connectivity index (χ0) is 27.2. The Labute approximate surface area is 234 Å². The summed E-state index contributed by atoms with van der Waals surface area (Å²) in [5.74, 6) is 2.74. The number of allylic oxidation sites excluding steroid dienone is 1. The average molecular weight is 531 g/mol. The van der Waals surface area contributed by atoms with E-state index in [1.54, 1.807) is 7.11 Å². The minimum Gasteiger partial charge on any atom is -0.496 e. The third-order valence-electron chi connectivity index (χ3n) is 11.3. The molecule has 0 aliphatic heterocycles. The predicted octanol–water partition coefficient (Wildman–Crippen LogP) is 6.59. The summed E-state index contributed by atoms with van der Waals surface area (Å²) in [5, 5.41) is 22.0. The second kappa shape index (κ2) is 10.6. The second-order valence-electron chi connectivity index (χ2n) is 13.4. The molecular formula is C34H46N2O3. The van der Waals surface area contributed by atoms with Crippen LogP contribution in [-0.4, -0.2) is 39.1 Å². The molecule has 3 fully saturated rings. The number of unbranched alkanes of at least 4 members (excludes halogenated alkanes) is 1. The zero-order valence-corrected chi connectivity index (χ0v) is 24.0. The third kappa shape index (κ3) is 4.80. The predicted molar refractivity (Wildman–Crippen MR) is 155 cm³/mol. The van der Waals surface area contributed by atoms with Crippen LogP contribution in [0, 0.1) is 28.6 Å². The largest absolute Gasteiger partial charge is 0.496 e. The molecule has 4 aliphatic carbocycles. The van der Waals surface area contributed by atoms with Crippen LogP contribution in [0.4, 0.5) is 0 Å². The molecule has 5 heteroatoms. The standard InChI is InChI=1S/C34H46N2O3/c1-33-13-11-27(37)21-26(33)9-10-28-29(33)12-14-34(2)30(28)20-25(32(34)38)18-23-7-8-24(31(19-23)39-3)6-4-5-16-36-17-15-35-22-36/h7-9,15,17-19,22,27-30,32,37-38H,4-6,10-14,16,20-21H2,1-3H3/b25-18+/t27?,28?,29?,30?,32?,33-,34?/m0/s1. The van der Waals surface area contributed by atoms with Gasteiger partial charge >= 0.3 is 0 Å². The van der Waals surface area contributed by atoms with E-state index < -0.39 is 0 Å². The van der Waals surface area contributed by atoms with E-state index in [1.807, 2.05) is 18.7 Å². The lowest BCUT2D eigenvalue weighted by molar-refractivity contribution is -0.0685. The van der Waals surface area contributed by atoms with Gasteiger partial charge in [0, 0.05) is 24.4 Å². The number of nitrogens with zero attached hydrogens (tertiary/aromatic N) is 2. The van der Waals surface area contributed by atoms with Crippen LogP contribution < -0.4 is 4.74 Å². The lowest BCUT2D eigenvalue weighted by Gasteiger charge is -2.57. The summed E-state index contributed by atoms with van der Waals surface area (Å²) in [6.07, 6.45) is 20.3. The van der Waals surface area contributed by atoms with E-state index in [4.69, 9.17) is 4.74 Å². The Morgan fingerprint density at radius 2 is 1.97 bits per heavy atom. The quantitative estimate of drug-likeness (QED) is 0.313. The number of ether oxygens (including phenoxy) is 1. The van der Waals surface area contributed by atoms with Crippen molar-refractivity contribution in [1.29, 1.82) is 0 Å². The fourth-order valence-corrected chi connectivity index (χ4v) is 8.94. The Balaban J connectivity index is 1.17. The first-order chi connectivity index (χ1) is 18.8. The summed E-state index contributed by atoms with van der Waals surface area (Å²) >= 11 is 0. The number of aromatic nitrogens is 2. The lowest BCUT2D eigenvalue weighted by Crippen LogP contribution is -2.51. The maximum Gasteiger partial charge on any atom is 0.122 e. The fourth-order valence-electron chi connectivity index (χ4n) is 8.94. The molecule has 0 amide bonds. The average Bonchev–Trinajstić information content (AvgIpc) is 3.54. The van der Waals surface area contributed by atoms with Gasteiger partial charge in [0.1, 0.15) is 5.75 Å². The van der Waals surface area contributed by atoms with E-state index in [0.717, 1.165) is 75.6 Å². The monoisotopic (exact) mass is 530 g/mol. The molecular weight excluding hydrogens is 484 g/mol. The Bertz CT molecular complexity index is 1230. The summed E-state index contributed by atoms with van der Waals surface area (Å²) in [4.78, 5) is 4.12. The molecule has 7 atom stereocenters. The highest BCUT2D eigenvalue weighted by molar-refractivity contribution is 5.58. The lowest BCUT2D eigenvalue weighted by atomic mass is 9.48. The number of aliphatic hydroxyl groups is 2. The van der Waals surface area contributed by atoms with Crippen LogP contribution in [0.3, 0.4) is 0 Å². The number of methoxy groups -OCH3 is 1. The van der Waals surface area contributed by atoms with E-state index in [2.05, 4.69) is 53.7 Å². The summed E-state index contributed by atoms with van der Waals surface area (Å²) in [6.45, 7) is 5.81. The van der Waals surface area contributed by atoms with E-state index >= 15 is 0 Å². The Hall–Kier alpha value is -2.37. The van der Waals surface area contributed by atoms with Crippen molar-refractivity contribution in [1.82, 2.24) is 9.55 Å². The highest BCUT2D eigenvalue weighted by Crippen LogP contribution is 2.65. The number of rotatable bonds is 7. The van der Waals surface area contributed by atoms with Crippen molar-refractivity contribution in [2.45, 2.75) is 96.8 Å². The Kier molecular flexibility index (Phi) is 7.26. The molecule has 2 N–H and O–H groups in total. The molecule has 0 spiro atoms. The number of aliphatic hydroxyl groups excluding tert-OH is 2. The topological polar surface area (TPSA) is 67.5 Å². The van der Waals surface area contributed by atoms with Gasteiger partial charge < -0.3 is 19.5 Å². The van der Waals surface area contributed by atoms with E-state index in [-0.39, 0.29) is 23.0 Å². The molecule has 1 heterocycles. The molecule has 0 saturated heterocycles. The van der Waals surface area contributed by atoms with Crippen LogP contribution in [0.5, 0.6) is 5.75 Å². The van der Waals surface area contributed by atoms with Gasteiger partial charge in [-0.15, -0.1) is 0 Å². The summed E-state index contributed by atoms with van der Waals surface area (Å²) < 4.78 is 7.93. The van der Waals surface area contributed by atoms with Crippen molar-refractivity contribution < 1.29 is 14.9 Å². The number of fused-ring (bicyclic) bond motifs is 5. The summed E-state index contributed by atoms with van der Waals surface area (Å²) in [6, 6.07) is 6.56. The molecule has 1 aromatic carbocycles. The van der Waals surface area contributed by atoms with Crippen LogP contribution >= 0.6 is 0 Å². The highest BCUT2D eigenvalue weighted by atomic mass is 16.5. The van der Waals surface area contributed by atoms with Crippen LogP contribution in [0.1, 0.15) is 82.8 Å². The first-order valence-corrected chi connectivity index (χ1v) is 15.2. The molecule has 1 aromatic heterocycles. The van der Waals surface area contributed by atoms with Crippen molar-refractivity contribution >= 4 is 6.08 Å². The molecule has 6 rings (SSSR count). The van der Waals surface area contributed by atoms with Crippen LogP contribution in [0.25, 0.3) is 6.08 Å². The molecule has 210 valence electrons. The number of hydrogen-bond donors (Lipinski definition) is 2. The smallest absolute Gasteiger partial charge is 0.122 e. The fraction of sp³-hybridized carbons (Fsp3) is 0.618. The van der Waals surface area contributed by atoms with Crippen LogP contribution in [0.2, 0.25) is 0 Å². The third-order valence-corrected chi connectivity index (χ3v) is 11.3. The number of imidazole rings is 1. The highest BCUT2D eigenvalue weighted by Gasteiger charge is 2.59. The van der Waals surface area contributed by atoms with Gasteiger partial charge in [-0.2, -0.15) is 0 Å². The zero-order valence-electron chi connectivity index (χ0n) is 24.0. The molecule has 2 aromatic rings. The van der Waals surface area contributed by atoms with E-state index in [9.17, 15) is 10.2 Å². The van der Waals surface area contributed by atoms with E-state index in [0.29, 0.717) is 17.8 Å². The first kappa shape index (κ1) is 26.8. The molecule has 6 unspecified atom stereocenters. The molecule has 0 radical (unpaired) electrons. The van der Waals surface area contributed by atoms with Gasteiger partial charge in [0.25, 0.3) is 0 Å². The minimum atomic E-state index is -0.386. The number of benzene rings is 1. The van der Waals surface area contributed by atoms with Crippen molar-refractivity contribution in [2.75, 3.05) is 7.11 Å². The molecule has 3 saturated carbocycles. The normalized spacial score (nSPS) is 36.7. The maximum atomic E-state index is 11.7. The van der Waals surface area contributed by atoms with Gasteiger partial charge in [-0.1, -0.05) is 43.7 Å². The van der Waals surface area contributed by atoms with Gasteiger partial charge in [-0.25, -0.2) is 4.98 Å². The number of hydrogen-bond acceptors (Lipinski definition) is 4. The van der Waals surface area contributed by atoms with Gasteiger partial charge in [0.15, 0.2) is 0 Å². The van der Waals surface area contributed by atoms with Gasteiger partial charge in [0.2, 0.25) is 0 Å². The van der Waals surface area contributed by atoms with Crippen LogP contribution in [-0.2, 0) is 13.0 Å². The maximum absolute atomic E-state index is 11.7. The van der Waals surface area contributed by atoms with Crippen molar-refractivity contribution in [2.24, 2.45) is 28.6 Å². The molecule has 39 heavy (non-hydrogen) atoms. The number of aryl methyl sites for hydroxylation is 2. The summed E-state index contributed by atoms with van der Waals surface area (Å²) in [7, 11) is 1.76. The van der Waals surface area contributed by atoms with Gasteiger partial charge in [-0.3, -0.25) is 0 Å². The van der Waals surface area contributed by atoms with Gasteiger partial charge in [-0.05, 0) is 110 Å². The van der Waals surface area contributed by atoms with Crippen molar-refractivity contribution in [3.63, 3.8) is 0 Å². The van der Waals surface area contributed by atoms with Crippen LogP contribution in [0.15, 0.2) is 54.1 Å². The Morgan fingerprint density at radius 1 is 1.10 bits per heavy atom.